The monoisotopic (exact) mass is 462 g/mol. The third kappa shape index (κ3) is 5.35. The van der Waals surface area contributed by atoms with Crippen molar-refractivity contribution in [3.8, 4) is 11.8 Å². The van der Waals surface area contributed by atoms with Gasteiger partial charge in [0.1, 0.15) is 18.4 Å². The molecule has 0 unspecified atom stereocenters. The lowest BCUT2D eigenvalue weighted by Crippen LogP contribution is -2.51. The molecule has 0 saturated carbocycles. The van der Waals surface area contributed by atoms with Crippen LogP contribution in [0.2, 0.25) is 0 Å². The lowest BCUT2D eigenvalue weighted by atomic mass is 10.2. The van der Waals surface area contributed by atoms with Crippen molar-refractivity contribution in [1.29, 1.82) is 5.26 Å². The Morgan fingerprint density at radius 3 is 2.39 bits per heavy atom. The van der Waals surface area contributed by atoms with E-state index in [1.54, 1.807) is 35.2 Å². The number of nitrogens with zero attached hydrogens (tertiary/aromatic N) is 4. The van der Waals surface area contributed by atoms with Crippen molar-refractivity contribution < 1.29 is 19.1 Å². The number of carbonyl (C=O) groups is 3. The van der Waals surface area contributed by atoms with Gasteiger partial charge in [-0.15, -0.1) is 0 Å². The van der Waals surface area contributed by atoms with Crippen LogP contribution in [0.5, 0.6) is 5.75 Å². The summed E-state index contributed by atoms with van der Waals surface area (Å²) in [5, 5.41) is 8.12. The minimum atomic E-state index is -0.467. The summed E-state index contributed by atoms with van der Waals surface area (Å²) in [6.45, 7) is 2.18. The summed E-state index contributed by atoms with van der Waals surface area (Å²) in [5.41, 5.74) is 1.83. The van der Waals surface area contributed by atoms with E-state index < -0.39 is 11.1 Å². The number of anilines is 1. The standard InChI is InChI=1S/C24H22N4O4S/c25-10-15-32-20-8-6-18(7-9-20)16-21-23(30)28(24(31)33-21)17-22(29)27-13-11-26(12-14-27)19-4-2-1-3-5-19/h1-9,16H,11-15,17H2/b21-16-. The molecule has 0 aromatic heterocycles. The average molecular weight is 463 g/mol. The maximum atomic E-state index is 12.8. The molecule has 0 radical (unpaired) electrons. The Kier molecular flexibility index (Phi) is 6.95. The Morgan fingerprint density at radius 2 is 1.73 bits per heavy atom. The first-order valence-electron chi connectivity index (χ1n) is 10.5. The molecule has 33 heavy (non-hydrogen) atoms. The van der Waals surface area contributed by atoms with Crippen LogP contribution in [0.15, 0.2) is 59.5 Å². The quantitative estimate of drug-likeness (QED) is 0.609. The van der Waals surface area contributed by atoms with Crippen LogP contribution in [0.4, 0.5) is 10.5 Å². The first-order chi connectivity index (χ1) is 16.0. The fourth-order valence-electron chi connectivity index (χ4n) is 3.65. The first-order valence-corrected chi connectivity index (χ1v) is 11.3. The summed E-state index contributed by atoms with van der Waals surface area (Å²) in [5.74, 6) is -0.156. The summed E-state index contributed by atoms with van der Waals surface area (Å²) in [6.07, 6.45) is 1.61. The molecule has 8 nitrogen and oxygen atoms in total. The number of thioether (sulfide) groups is 1. The normalized spacial score (nSPS) is 17.4. The van der Waals surface area contributed by atoms with E-state index in [9.17, 15) is 14.4 Å². The van der Waals surface area contributed by atoms with E-state index in [2.05, 4.69) is 4.90 Å². The maximum Gasteiger partial charge on any atom is 0.294 e. The van der Waals surface area contributed by atoms with Crippen LogP contribution in [-0.4, -0.2) is 66.2 Å². The van der Waals surface area contributed by atoms with E-state index in [0.717, 1.165) is 22.3 Å². The number of nitriles is 1. The van der Waals surface area contributed by atoms with Gasteiger partial charge in [-0.05, 0) is 47.7 Å². The zero-order chi connectivity index (χ0) is 23.2. The third-order valence-electron chi connectivity index (χ3n) is 5.40. The van der Waals surface area contributed by atoms with Crippen LogP contribution in [0, 0.1) is 11.3 Å². The molecule has 2 heterocycles. The van der Waals surface area contributed by atoms with Crippen molar-refractivity contribution in [3.63, 3.8) is 0 Å². The minimum absolute atomic E-state index is 0.0480. The van der Waals surface area contributed by atoms with Gasteiger partial charge in [-0.3, -0.25) is 19.3 Å². The predicted octanol–water partition coefficient (Wildman–Crippen LogP) is 2.97. The van der Waals surface area contributed by atoms with Gasteiger partial charge < -0.3 is 14.5 Å². The van der Waals surface area contributed by atoms with E-state index in [4.69, 9.17) is 10.00 Å². The molecule has 2 aliphatic rings. The molecule has 4 rings (SSSR count). The van der Waals surface area contributed by atoms with E-state index in [1.807, 2.05) is 36.4 Å². The average Bonchev–Trinajstić information content (AvgIpc) is 3.11. The molecule has 9 heteroatoms. The Bertz CT molecular complexity index is 1100. The van der Waals surface area contributed by atoms with Crippen molar-refractivity contribution in [2.24, 2.45) is 0 Å². The van der Waals surface area contributed by atoms with Gasteiger partial charge in [-0.2, -0.15) is 5.26 Å². The summed E-state index contributed by atoms with van der Waals surface area (Å²) in [4.78, 5) is 43.1. The number of para-hydroxylation sites is 1. The summed E-state index contributed by atoms with van der Waals surface area (Å²) in [7, 11) is 0. The van der Waals surface area contributed by atoms with Gasteiger partial charge in [0.2, 0.25) is 5.91 Å². The Labute approximate surface area is 196 Å². The SMILES string of the molecule is N#CCOc1ccc(/C=C2\SC(=O)N(CC(=O)N3CCN(c4ccccc4)CC3)C2=O)cc1. The number of ether oxygens (including phenoxy) is 1. The molecule has 2 aromatic carbocycles. The molecule has 3 amide bonds. The number of hydrogen-bond donors (Lipinski definition) is 0. The number of imide groups is 1. The van der Waals surface area contributed by atoms with Crippen LogP contribution < -0.4 is 9.64 Å². The number of carbonyl (C=O) groups excluding carboxylic acids is 3. The van der Waals surface area contributed by atoms with Crippen LogP contribution in [-0.2, 0) is 9.59 Å². The van der Waals surface area contributed by atoms with Crippen molar-refractivity contribution in [2.45, 2.75) is 0 Å². The van der Waals surface area contributed by atoms with Crippen LogP contribution in [0.25, 0.3) is 6.08 Å². The lowest BCUT2D eigenvalue weighted by molar-refractivity contribution is -0.136. The van der Waals surface area contributed by atoms with Crippen molar-refractivity contribution in [3.05, 3.63) is 65.1 Å². The van der Waals surface area contributed by atoms with Crippen LogP contribution in [0.3, 0.4) is 0 Å². The Hall–Kier alpha value is -3.77. The molecule has 2 aromatic rings. The molecule has 2 saturated heterocycles. The van der Waals surface area contributed by atoms with Gasteiger partial charge in [0.15, 0.2) is 6.61 Å². The van der Waals surface area contributed by atoms with Crippen molar-refractivity contribution >= 4 is 40.6 Å². The van der Waals surface area contributed by atoms with Gasteiger partial charge in [0, 0.05) is 31.9 Å². The number of hydrogen-bond acceptors (Lipinski definition) is 7. The Morgan fingerprint density at radius 1 is 1.03 bits per heavy atom. The number of rotatable bonds is 6. The summed E-state index contributed by atoms with van der Waals surface area (Å²) < 4.78 is 5.21. The molecule has 0 bridgehead atoms. The van der Waals surface area contributed by atoms with Crippen molar-refractivity contribution in [1.82, 2.24) is 9.80 Å². The molecule has 0 N–H and O–H groups in total. The molecule has 2 aliphatic heterocycles. The first kappa shape index (κ1) is 22.4. The predicted molar refractivity (Wildman–Crippen MR) is 125 cm³/mol. The van der Waals surface area contributed by atoms with E-state index in [0.29, 0.717) is 37.5 Å². The molecule has 0 atom stereocenters. The lowest BCUT2D eigenvalue weighted by Gasteiger charge is -2.36. The smallest absolute Gasteiger partial charge is 0.294 e. The van der Waals surface area contributed by atoms with Crippen LogP contribution >= 0.6 is 11.8 Å². The topological polar surface area (TPSA) is 93.9 Å². The minimum Gasteiger partial charge on any atom is -0.479 e. The zero-order valence-corrected chi connectivity index (χ0v) is 18.7. The largest absolute Gasteiger partial charge is 0.479 e. The molecule has 2 fully saturated rings. The molecular formula is C24H22N4O4S. The zero-order valence-electron chi connectivity index (χ0n) is 17.8. The highest BCUT2D eigenvalue weighted by atomic mass is 32.2. The number of benzene rings is 2. The van der Waals surface area contributed by atoms with E-state index in [-0.39, 0.29) is 24.0 Å². The van der Waals surface area contributed by atoms with Gasteiger partial charge in [0.25, 0.3) is 11.1 Å². The second-order valence-electron chi connectivity index (χ2n) is 7.49. The van der Waals surface area contributed by atoms with Gasteiger partial charge >= 0.3 is 0 Å². The molecule has 168 valence electrons. The van der Waals surface area contributed by atoms with Crippen molar-refractivity contribution in [2.75, 3.05) is 44.2 Å². The van der Waals surface area contributed by atoms with Gasteiger partial charge in [0.05, 0.1) is 4.91 Å². The maximum absolute atomic E-state index is 12.8. The number of amides is 3. The van der Waals surface area contributed by atoms with Gasteiger partial charge in [-0.25, -0.2) is 0 Å². The summed E-state index contributed by atoms with van der Waals surface area (Å²) in [6, 6.07) is 18.7. The van der Waals surface area contributed by atoms with Gasteiger partial charge in [-0.1, -0.05) is 30.3 Å². The fourth-order valence-corrected chi connectivity index (χ4v) is 4.49. The van der Waals surface area contributed by atoms with Crippen LogP contribution in [0.1, 0.15) is 5.56 Å². The highest BCUT2D eigenvalue weighted by Crippen LogP contribution is 2.32. The second-order valence-corrected chi connectivity index (χ2v) is 8.48. The molecule has 0 spiro atoms. The molecular weight excluding hydrogens is 440 g/mol. The number of piperazine rings is 1. The second kappa shape index (κ2) is 10.2. The summed E-state index contributed by atoms with van der Waals surface area (Å²) >= 11 is 0.826. The van der Waals surface area contributed by atoms with E-state index >= 15 is 0 Å². The van der Waals surface area contributed by atoms with E-state index in [1.165, 1.54) is 0 Å². The third-order valence-corrected chi connectivity index (χ3v) is 6.31. The Balaban J connectivity index is 1.34. The highest BCUT2D eigenvalue weighted by Gasteiger charge is 2.37. The fraction of sp³-hybridized carbons (Fsp3) is 0.250. The molecule has 0 aliphatic carbocycles. The highest BCUT2D eigenvalue weighted by molar-refractivity contribution is 8.18.